The highest BCUT2D eigenvalue weighted by Gasteiger charge is 2.30. The van der Waals surface area contributed by atoms with E-state index < -0.39 is 17.7 Å². The van der Waals surface area contributed by atoms with Gasteiger partial charge in [0.05, 0.1) is 11.5 Å². The van der Waals surface area contributed by atoms with Gasteiger partial charge >= 0.3 is 12.1 Å². The van der Waals surface area contributed by atoms with Crippen LogP contribution in [0, 0.1) is 5.92 Å². The highest BCUT2D eigenvalue weighted by Crippen LogP contribution is 2.29. The van der Waals surface area contributed by atoms with Crippen molar-refractivity contribution < 1.29 is 23.1 Å². The van der Waals surface area contributed by atoms with Crippen molar-refractivity contribution in [3.63, 3.8) is 0 Å². The van der Waals surface area contributed by atoms with E-state index in [-0.39, 0.29) is 5.92 Å². The van der Waals surface area contributed by atoms with E-state index in [1.54, 1.807) is 0 Å². The Bertz CT molecular complexity index is 462. The minimum atomic E-state index is -4.31. The van der Waals surface area contributed by atoms with Crippen molar-refractivity contribution in [1.82, 2.24) is 4.90 Å². The van der Waals surface area contributed by atoms with E-state index in [2.05, 4.69) is 4.90 Å². The molecule has 1 aliphatic heterocycles. The van der Waals surface area contributed by atoms with Crippen molar-refractivity contribution in [1.29, 1.82) is 0 Å². The lowest BCUT2D eigenvalue weighted by molar-refractivity contribution is -0.143. The fourth-order valence-electron chi connectivity index (χ4n) is 2.40. The monoisotopic (exact) mass is 287 g/mol. The summed E-state index contributed by atoms with van der Waals surface area (Å²) in [6, 6.07) is 5.12. The maximum atomic E-state index is 12.4. The molecule has 0 radical (unpaired) electrons. The Morgan fingerprint density at radius 3 is 2.20 bits per heavy atom. The molecule has 0 bridgehead atoms. The van der Waals surface area contributed by atoms with Crippen LogP contribution in [-0.4, -0.2) is 29.1 Å². The largest absolute Gasteiger partial charge is 0.481 e. The summed E-state index contributed by atoms with van der Waals surface area (Å²) in [5.74, 6) is -1.06. The predicted octanol–water partition coefficient (Wildman–Crippen LogP) is 3.00. The van der Waals surface area contributed by atoms with Crippen LogP contribution in [0.4, 0.5) is 13.2 Å². The van der Waals surface area contributed by atoms with Gasteiger partial charge in [-0.3, -0.25) is 9.69 Å². The van der Waals surface area contributed by atoms with E-state index in [1.165, 1.54) is 12.1 Å². The number of halogens is 3. The zero-order valence-corrected chi connectivity index (χ0v) is 10.9. The van der Waals surface area contributed by atoms with Gasteiger partial charge in [-0.1, -0.05) is 12.1 Å². The van der Waals surface area contributed by atoms with Crippen molar-refractivity contribution >= 4 is 5.97 Å². The van der Waals surface area contributed by atoms with E-state index in [1.807, 2.05) is 0 Å². The summed E-state index contributed by atoms with van der Waals surface area (Å²) in [5.41, 5.74) is 0.164. The smallest absolute Gasteiger partial charge is 0.416 e. The minimum absolute atomic E-state index is 0.293. The summed E-state index contributed by atoms with van der Waals surface area (Å²) in [7, 11) is 0. The summed E-state index contributed by atoms with van der Waals surface area (Å²) in [6.45, 7) is 1.89. The molecular weight excluding hydrogens is 271 g/mol. The number of hydrogen-bond donors (Lipinski definition) is 1. The first kappa shape index (κ1) is 14.8. The number of nitrogens with zero attached hydrogens (tertiary/aromatic N) is 1. The average Bonchev–Trinajstić information content (AvgIpc) is 2.39. The molecule has 1 aromatic carbocycles. The zero-order chi connectivity index (χ0) is 14.8. The molecule has 0 amide bonds. The van der Waals surface area contributed by atoms with Crippen LogP contribution >= 0.6 is 0 Å². The van der Waals surface area contributed by atoms with E-state index in [0.717, 1.165) is 17.7 Å². The van der Waals surface area contributed by atoms with E-state index in [0.29, 0.717) is 32.5 Å². The summed E-state index contributed by atoms with van der Waals surface area (Å²) in [6.07, 6.45) is -3.12. The van der Waals surface area contributed by atoms with Crippen molar-refractivity contribution in [2.45, 2.75) is 25.6 Å². The quantitative estimate of drug-likeness (QED) is 0.929. The first-order valence-electron chi connectivity index (χ1n) is 6.47. The number of likely N-dealkylation sites (tertiary alicyclic amines) is 1. The molecule has 1 aliphatic rings. The van der Waals surface area contributed by atoms with Crippen LogP contribution in [0.2, 0.25) is 0 Å². The number of aliphatic carboxylic acids is 1. The number of benzene rings is 1. The summed E-state index contributed by atoms with van der Waals surface area (Å²) < 4.78 is 37.3. The fourth-order valence-corrected chi connectivity index (χ4v) is 2.40. The Morgan fingerprint density at radius 1 is 1.20 bits per heavy atom. The number of piperidine rings is 1. The highest BCUT2D eigenvalue weighted by molar-refractivity contribution is 5.70. The third-order valence-corrected chi connectivity index (χ3v) is 3.62. The third-order valence-electron chi connectivity index (χ3n) is 3.62. The van der Waals surface area contributed by atoms with Crippen LogP contribution < -0.4 is 0 Å². The molecule has 0 aromatic heterocycles. The van der Waals surface area contributed by atoms with E-state index in [4.69, 9.17) is 5.11 Å². The minimum Gasteiger partial charge on any atom is -0.481 e. The normalized spacial score (nSPS) is 18.1. The van der Waals surface area contributed by atoms with Gasteiger partial charge in [0.25, 0.3) is 0 Å². The van der Waals surface area contributed by atoms with Gasteiger partial charge < -0.3 is 5.11 Å². The molecule has 1 fully saturated rings. The van der Waals surface area contributed by atoms with Gasteiger partial charge in [-0.2, -0.15) is 13.2 Å². The van der Waals surface area contributed by atoms with E-state index in [9.17, 15) is 18.0 Å². The molecule has 2 rings (SSSR count). The molecular formula is C14H16F3NO2. The molecule has 110 valence electrons. The highest BCUT2D eigenvalue weighted by atomic mass is 19.4. The molecule has 1 heterocycles. The standard InChI is InChI=1S/C14H16F3NO2/c15-14(16,17)12-3-1-10(2-4-12)9-18-7-5-11(6-8-18)13(19)20/h1-4,11H,5-9H2,(H,19,20). The Morgan fingerprint density at radius 2 is 1.75 bits per heavy atom. The van der Waals surface area contributed by atoms with Crippen LogP contribution in [0.15, 0.2) is 24.3 Å². The van der Waals surface area contributed by atoms with Gasteiger partial charge in [0.15, 0.2) is 0 Å². The molecule has 1 saturated heterocycles. The van der Waals surface area contributed by atoms with Gasteiger partial charge in [-0.25, -0.2) is 0 Å². The molecule has 20 heavy (non-hydrogen) atoms. The van der Waals surface area contributed by atoms with Crippen molar-refractivity contribution in [2.75, 3.05) is 13.1 Å². The Hall–Kier alpha value is -1.56. The lowest BCUT2D eigenvalue weighted by Gasteiger charge is -2.30. The van der Waals surface area contributed by atoms with Crippen LogP contribution in [0.1, 0.15) is 24.0 Å². The average molecular weight is 287 g/mol. The lowest BCUT2D eigenvalue weighted by Crippen LogP contribution is -2.35. The van der Waals surface area contributed by atoms with Crippen LogP contribution in [0.5, 0.6) is 0 Å². The Kier molecular flexibility index (Phi) is 4.32. The van der Waals surface area contributed by atoms with Gasteiger partial charge in [-0.15, -0.1) is 0 Å². The summed E-state index contributed by atoms with van der Waals surface area (Å²) >= 11 is 0. The zero-order valence-electron chi connectivity index (χ0n) is 10.9. The molecule has 0 atom stereocenters. The number of rotatable bonds is 3. The molecule has 1 N–H and O–H groups in total. The number of alkyl halides is 3. The lowest BCUT2D eigenvalue weighted by atomic mass is 9.97. The van der Waals surface area contributed by atoms with Crippen LogP contribution in [0.25, 0.3) is 0 Å². The van der Waals surface area contributed by atoms with Crippen molar-refractivity contribution in [3.05, 3.63) is 35.4 Å². The second-order valence-corrected chi connectivity index (χ2v) is 5.08. The maximum Gasteiger partial charge on any atom is 0.416 e. The second-order valence-electron chi connectivity index (χ2n) is 5.08. The molecule has 0 spiro atoms. The molecule has 0 aliphatic carbocycles. The number of carboxylic acid groups (broad SMARTS) is 1. The fraction of sp³-hybridized carbons (Fsp3) is 0.500. The topological polar surface area (TPSA) is 40.5 Å². The first-order chi connectivity index (χ1) is 9.36. The van der Waals surface area contributed by atoms with Gasteiger partial charge in [0.2, 0.25) is 0 Å². The van der Waals surface area contributed by atoms with Crippen LogP contribution in [0.3, 0.4) is 0 Å². The van der Waals surface area contributed by atoms with E-state index >= 15 is 0 Å². The predicted molar refractivity (Wildman–Crippen MR) is 67.1 cm³/mol. The van der Waals surface area contributed by atoms with Gasteiger partial charge in [0.1, 0.15) is 0 Å². The van der Waals surface area contributed by atoms with Crippen LogP contribution in [-0.2, 0) is 17.5 Å². The summed E-state index contributed by atoms with van der Waals surface area (Å²) in [5, 5.41) is 8.90. The second kappa shape index (κ2) is 5.83. The Labute approximate surface area is 115 Å². The molecule has 3 nitrogen and oxygen atoms in total. The number of carbonyl (C=O) groups is 1. The number of carboxylic acids is 1. The third kappa shape index (κ3) is 3.72. The molecule has 1 aromatic rings. The maximum absolute atomic E-state index is 12.4. The Balaban J connectivity index is 1.90. The summed E-state index contributed by atoms with van der Waals surface area (Å²) in [4.78, 5) is 12.9. The molecule has 6 heteroatoms. The van der Waals surface area contributed by atoms with Gasteiger partial charge in [0, 0.05) is 6.54 Å². The molecule has 0 unspecified atom stereocenters. The number of hydrogen-bond acceptors (Lipinski definition) is 2. The van der Waals surface area contributed by atoms with Crippen molar-refractivity contribution in [3.8, 4) is 0 Å². The van der Waals surface area contributed by atoms with Gasteiger partial charge in [-0.05, 0) is 43.6 Å². The SMILES string of the molecule is O=C(O)C1CCN(Cc2ccc(C(F)(F)F)cc2)CC1. The molecule has 0 saturated carbocycles. The van der Waals surface area contributed by atoms with Crippen molar-refractivity contribution in [2.24, 2.45) is 5.92 Å². The first-order valence-corrected chi connectivity index (χ1v) is 6.47.